The normalized spacial score (nSPS) is 16.4. The molecule has 0 radical (unpaired) electrons. The molecule has 0 amide bonds. The van der Waals surface area contributed by atoms with Crippen LogP contribution in [0.5, 0.6) is 0 Å². The molecule has 1 unspecified atom stereocenters. The minimum absolute atomic E-state index is 0.359. The molecule has 1 atom stereocenters. The molecule has 104 valence electrons. The summed E-state index contributed by atoms with van der Waals surface area (Å²) in [6.45, 7) is 1.18. The van der Waals surface area contributed by atoms with Gasteiger partial charge in [-0.2, -0.15) is 30.7 Å². The molecule has 0 aliphatic carbocycles. The lowest BCUT2D eigenvalue weighted by atomic mass is 10.3. The number of hydrogen-bond donors (Lipinski definition) is 0. The quantitative estimate of drug-likeness (QED) is 0.433. The molecule has 0 heterocycles. The summed E-state index contributed by atoms with van der Waals surface area (Å²) in [7, 11) is -3.05. The van der Waals surface area contributed by atoms with E-state index < -0.39 is 31.4 Å². The van der Waals surface area contributed by atoms with Crippen LogP contribution in [-0.2, 0) is 4.74 Å². The fourth-order valence-corrected chi connectivity index (χ4v) is 2.84. The minimum Gasteiger partial charge on any atom is -0.329 e. The molecule has 0 aromatic rings. The molecule has 0 N–H and O–H groups in total. The molecule has 0 bridgehead atoms. The summed E-state index contributed by atoms with van der Waals surface area (Å²) in [6, 6.07) is 0. The summed E-state index contributed by atoms with van der Waals surface area (Å²) in [5, 5.41) is 0. The van der Waals surface area contributed by atoms with Crippen LogP contribution >= 0.6 is 22.2 Å². The maximum atomic E-state index is 13.0. The largest absolute Gasteiger partial charge is 0.458 e. The Balaban J connectivity index is 5.24. The van der Waals surface area contributed by atoms with Gasteiger partial charge in [0, 0.05) is 0 Å². The lowest BCUT2D eigenvalue weighted by Gasteiger charge is -2.32. The van der Waals surface area contributed by atoms with Crippen LogP contribution in [0.4, 0.5) is 30.7 Å². The third-order valence-corrected chi connectivity index (χ3v) is 4.58. The fourth-order valence-electron chi connectivity index (χ4n) is 0.816. The van der Waals surface area contributed by atoms with E-state index in [-0.39, 0.29) is 6.42 Å². The molecule has 0 saturated carbocycles. The highest BCUT2D eigenvalue weighted by atomic mass is 35.7. The Morgan fingerprint density at radius 1 is 1.00 bits per heavy atom. The third kappa shape index (κ3) is 3.87. The van der Waals surface area contributed by atoms with Crippen LogP contribution in [0, 0.1) is 0 Å². The smallest absolute Gasteiger partial charge is 0.329 e. The summed E-state index contributed by atoms with van der Waals surface area (Å²) >= 11 is 10.5. The van der Waals surface area contributed by atoms with Crippen molar-refractivity contribution in [2.45, 2.75) is 37.3 Å². The molecule has 17 heavy (non-hydrogen) atoms. The van der Waals surface area contributed by atoms with E-state index in [4.69, 9.17) is 22.2 Å². The van der Waals surface area contributed by atoms with Crippen molar-refractivity contribution in [1.29, 1.82) is 0 Å². The number of rotatable bonds is 4. The molecule has 0 fully saturated rings. The molecule has 0 saturated heterocycles. The summed E-state index contributed by atoms with van der Waals surface area (Å²) in [6.07, 6.45) is -12.9. The van der Waals surface area contributed by atoms with E-state index in [9.17, 15) is 30.7 Å². The number of halogens is 9. The van der Waals surface area contributed by atoms with Crippen LogP contribution in [0.15, 0.2) is 0 Å². The zero-order valence-electron chi connectivity index (χ0n) is 8.17. The van der Waals surface area contributed by atoms with Crippen LogP contribution in [0.25, 0.3) is 0 Å². The molecule has 0 rings (SSSR count). The molecule has 0 aliphatic rings. The van der Waals surface area contributed by atoms with E-state index in [1.54, 1.807) is 0 Å². The summed E-state index contributed by atoms with van der Waals surface area (Å²) < 4.78 is 88.9. The monoisotopic (exact) mass is 326 g/mol. The van der Waals surface area contributed by atoms with E-state index in [1.807, 2.05) is 0 Å². The Morgan fingerprint density at radius 3 is 1.53 bits per heavy atom. The number of ether oxygens (including phenoxy) is 1. The van der Waals surface area contributed by atoms with Gasteiger partial charge < -0.3 is 4.74 Å². The highest BCUT2D eigenvalue weighted by Crippen LogP contribution is 2.48. The van der Waals surface area contributed by atoms with Gasteiger partial charge >= 0.3 is 18.2 Å². The first-order valence-electron chi connectivity index (χ1n) is 4.15. The molecule has 0 aromatic carbocycles. The van der Waals surface area contributed by atoms with E-state index >= 15 is 0 Å². The van der Waals surface area contributed by atoms with Crippen molar-refractivity contribution < 1.29 is 35.5 Å². The third-order valence-electron chi connectivity index (χ3n) is 1.73. The topological polar surface area (TPSA) is 9.23 Å². The van der Waals surface area contributed by atoms with E-state index in [0.29, 0.717) is 0 Å². The summed E-state index contributed by atoms with van der Waals surface area (Å²) in [4.78, 5) is 0. The molecule has 1 nitrogen and oxygen atoms in total. The van der Waals surface area contributed by atoms with Gasteiger partial charge in [-0.3, -0.25) is 0 Å². The molecule has 0 aromatic heterocycles. The standard InChI is InChI=1S/C6H7Cl2F7OSi/c1-2-3(17(7)8)16-4(9,5(10,11)12)6(13,14)15/h3,17H,2H2,1H3. The second kappa shape index (κ2) is 5.50. The van der Waals surface area contributed by atoms with Gasteiger partial charge in [-0.25, -0.2) is 0 Å². The van der Waals surface area contributed by atoms with Crippen molar-refractivity contribution in [2.75, 3.05) is 0 Å². The first-order valence-corrected chi connectivity index (χ1v) is 8.31. The zero-order chi connectivity index (χ0) is 14.1. The maximum Gasteiger partial charge on any atom is 0.458 e. The van der Waals surface area contributed by atoms with Crippen LogP contribution in [0.1, 0.15) is 13.3 Å². The fraction of sp³-hybridized carbons (Fsp3) is 1.00. The van der Waals surface area contributed by atoms with Crippen LogP contribution in [-0.4, -0.2) is 31.4 Å². The average molecular weight is 327 g/mol. The Morgan fingerprint density at radius 2 is 1.35 bits per heavy atom. The predicted octanol–water partition coefficient (Wildman–Crippen LogP) is 3.81. The van der Waals surface area contributed by atoms with Gasteiger partial charge in [0.1, 0.15) is 0 Å². The van der Waals surface area contributed by atoms with Crippen molar-refractivity contribution in [1.82, 2.24) is 0 Å². The second-order valence-corrected chi connectivity index (χ2v) is 7.89. The highest BCUT2D eigenvalue weighted by Gasteiger charge is 2.75. The van der Waals surface area contributed by atoms with Crippen molar-refractivity contribution in [3.05, 3.63) is 0 Å². The Kier molecular flexibility index (Phi) is 5.58. The van der Waals surface area contributed by atoms with E-state index in [2.05, 4.69) is 4.74 Å². The first-order chi connectivity index (χ1) is 7.37. The lowest BCUT2D eigenvalue weighted by Crippen LogP contribution is -2.57. The van der Waals surface area contributed by atoms with Crippen molar-refractivity contribution in [3.63, 3.8) is 0 Å². The molecular formula is C6H7Cl2F7OSi. The van der Waals surface area contributed by atoms with Crippen molar-refractivity contribution >= 4 is 29.6 Å². The van der Waals surface area contributed by atoms with Crippen molar-refractivity contribution in [3.8, 4) is 0 Å². The molecular weight excluding hydrogens is 320 g/mol. The minimum atomic E-state index is -6.25. The highest BCUT2D eigenvalue weighted by molar-refractivity contribution is 7.34. The van der Waals surface area contributed by atoms with Gasteiger partial charge in [-0.15, -0.1) is 22.2 Å². The number of hydrogen-bond acceptors (Lipinski definition) is 1. The Bertz CT molecular complexity index is 240. The van der Waals surface area contributed by atoms with E-state index in [0.717, 1.165) is 0 Å². The van der Waals surface area contributed by atoms with Gasteiger partial charge in [-0.1, -0.05) is 6.92 Å². The van der Waals surface area contributed by atoms with Crippen LogP contribution in [0.3, 0.4) is 0 Å². The predicted molar refractivity (Wildman–Crippen MR) is 50.0 cm³/mol. The maximum absolute atomic E-state index is 13.0. The number of alkyl halides is 7. The summed E-state index contributed by atoms with van der Waals surface area (Å²) in [5.41, 5.74) is -1.80. The Labute approximate surface area is 103 Å². The van der Waals surface area contributed by atoms with Gasteiger partial charge in [0.2, 0.25) is 0 Å². The first kappa shape index (κ1) is 17.3. The van der Waals surface area contributed by atoms with Crippen LogP contribution < -0.4 is 0 Å². The van der Waals surface area contributed by atoms with Gasteiger partial charge in [-0.05, 0) is 6.42 Å². The molecule has 0 spiro atoms. The second-order valence-electron chi connectivity index (χ2n) is 2.99. The van der Waals surface area contributed by atoms with Gasteiger partial charge in [0.15, 0.2) is 0 Å². The average Bonchev–Trinajstić information content (AvgIpc) is 2.09. The lowest BCUT2D eigenvalue weighted by molar-refractivity contribution is -0.433. The van der Waals surface area contributed by atoms with Crippen LogP contribution in [0.2, 0.25) is 0 Å². The molecule has 0 aliphatic heterocycles. The molecule has 11 heteroatoms. The van der Waals surface area contributed by atoms with E-state index in [1.165, 1.54) is 6.92 Å². The van der Waals surface area contributed by atoms with Gasteiger partial charge in [0.05, 0.1) is 5.73 Å². The zero-order valence-corrected chi connectivity index (χ0v) is 10.8. The van der Waals surface area contributed by atoms with Crippen molar-refractivity contribution in [2.24, 2.45) is 0 Å². The van der Waals surface area contributed by atoms with Gasteiger partial charge in [0.25, 0.3) is 7.42 Å². The Hall–Kier alpha value is 0.267. The SMILES string of the molecule is CCC(OC(F)(C(F)(F)F)C(F)(F)F)[SiH](Cl)Cl. The summed E-state index contributed by atoms with van der Waals surface area (Å²) in [5.74, 6) is -5.75.